The van der Waals surface area contributed by atoms with Crippen molar-refractivity contribution in [1.29, 1.82) is 0 Å². The van der Waals surface area contributed by atoms with Gasteiger partial charge in [-0.3, -0.25) is 0 Å². The van der Waals surface area contributed by atoms with Gasteiger partial charge in [-0.05, 0) is 35.7 Å². The van der Waals surface area contributed by atoms with E-state index in [2.05, 4.69) is 5.32 Å². The highest BCUT2D eigenvalue weighted by atomic mass is 35.5. The van der Waals surface area contributed by atoms with E-state index < -0.39 is 11.7 Å². The predicted octanol–water partition coefficient (Wildman–Crippen LogP) is 5.07. The van der Waals surface area contributed by atoms with E-state index in [1.165, 1.54) is 6.07 Å². The number of hydrogen-bond donors (Lipinski definition) is 1. The first-order valence-electron chi connectivity index (χ1n) is 6.16. The minimum absolute atomic E-state index is 0.147. The number of para-hydroxylation sites is 1. The third kappa shape index (κ3) is 2.36. The zero-order valence-electron chi connectivity index (χ0n) is 10.3. The average Bonchev–Trinajstić information content (AvgIpc) is 2.81. The summed E-state index contributed by atoms with van der Waals surface area (Å²) in [5, 5.41) is 3.59. The van der Waals surface area contributed by atoms with Crippen LogP contribution in [0.5, 0.6) is 0 Å². The van der Waals surface area contributed by atoms with E-state index in [0.29, 0.717) is 17.0 Å². The van der Waals surface area contributed by atoms with Gasteiger partial charge < -0.3 is 5.32 Å². The molecule has 1 nitrogen and oxygen atoms in total. The van der Waals surface area contributed by atoms with Gasteiger partial charge in [0.2, 0.25) is 0 Å². The van der Waals surface area contributed by atoms with Crippen LogP contribution in [0.2, 0.25) is 5.02 Å². The summed E-state index contributed by atoms with van der Waals surface area (Å²) in [5.74, 6) is 0. The average molecular weight is 298 g/mol. The smallest absolute Gasteiger partial charge is 0.377 e. The van der Waals surface area contributed by atoms with Gasteiger partial charge in [-0.2, -0.15) is 13.2 Å². The van der Waals surface area contributed by atoms with Crippen LogP contribution in [0, 0.1) is 0 Å². The largest absolute Gasteiger partial charge is 0.418 e. The quantitative estimate of drug-likeness (QED) is 0.775. The molecule has 0 fully saturated rings. The Morgan fingerprint density at radius 3 is 2.40 bits per heavy atom. The number of rotatable bonds is 1. The lowest BCUT2D eigenvalue weighted by Crippen LogP contribution is -2.10. The molecule has 0 radical (unpaired) electrons. The number of benzene rings is 2. The van der Waals surface area contributed by atoms with Crippen LogP contribution in [0.15, 0.2) is 42.5 Å². The molecule has 0 saturated carbocycles. The van der Waals surface area contributed by atoms with Gasteiger partial charge in [0.05, 0.1) is 17.3 Å². The van der Waals surface area contributed by atoms with Gasteiger partial charge >= 0.3 is 6.18 Å². The first-order chi connectivity index (χ1) is 9.45. The molecule has 3 rings (SSSR count). The second kappa shape index (κ2) is 4.70. The van der Waals surface area contributed by atoms with Crippen LogP contribution in [-0.2, 0) is 12.6 Å². The van der Waals surface area contributed by atoms with Crippen LogP contribution in [0.1, 0.15) is 22.7 Å². The Labute approximate surface area is 119 Å². The number of fused-ring (bicyclic) bond motifs is 1. The van der Waals surface area contributed by atoms with E-state index in [4.69, 9.17) is 11.6 Å². The maximum atomic E-state index is 13.0. The van der Waals surface area contributed by atoms with E-state index in [9.17, 15) is 13.2 Å². The highest BCUT2D eigenvalue weighted by Gasteiger charge is 2.37. The van der Waals surface area contributed by atoms with E-state index in [1.54, 1.807) is 18.2 Å². The van der Waals surface area contributed by atoms with Crippen molar-refractivity contribution in [2.24, 2.45) is 0 Å². The molecule has 20 heavy (non-hydrogen) atoms. The van der Waals surface area contributed by atoms with Crippen LogP contribution in [0.4, 0.5) is 18.9 Å². The van der Waals surface area contributed by atoms with Crippen molar-refractivity contribution in [1.82, 2.24) is 0 Å². The second-order valence-corrected chi connectivity index (χ2v) is 5.23. The zero-order valence-corrected chi connectivity index (χ0v) is 11.1. The fraction of sp³-hybridized carbons (Fsp3) is 0.200. The Morgan fingerprint density at radius 1 is 1.05 bits per heavy atom. The maximum absolute atomic E-state index is 13.0. The van der Waals surface area contributed by atoms with Gasteiger partial charge in [0.1, 0.15) is 0 Å². The molecule has 0 aromatic heterocycles. The number of nitrogens with one attached hydrogen (secondary N) is 1. The Bertz CT molecular complexity index is 635. The summed E-state index contributed by atoms with van der Waals surface area (Å²) in [7, 11) is 0. The molecule has 104 valence electrons. The molecule has 1 atom stereocenters. The minimum atomic E-state index is -4.34. The standard InChI is InChI=1S/C15H11ClF3N/c16-11-6-4-9(5-7-11)13-8-10-2-1-3-12(14(10)20-13)15(17,18)19/h1-7,13,20H,8H2. The number of alkyl halides is 3. The highest BCUT2D eigenvalue weighted by Crippen LogP contribution is 2.43. The maximum Gasteiger partial charge on any atom is 0.418 e. The molecule has 0 spiro atoms. The molecule has 0 amide bonds. The second-order valence-electron chi connectivity index (χ2n) is 4.79. The Hall–Kier alpha value is -1.68. The van der Waals surface area contributed by atoms with E-state index in [0.717, 1.165) is 11.6 Å². The van der Waals surface area contributed by atoms with Gasteiger partial charge in [0, 0.05) is 5.02 Å². The summed E-state index contributed by atoms with van der Waals surface area (Å²) >= 11 is 5.82. The molecule has 0 aliphatic carbocycles. The monoisotopic (exact) mass is 297 g/mol. The molecule has 0 saturated heterocycles. The van der Waals surface area contributed by atoms with Crippen molar-refractivity contribution in [3.05, 3.63) is 64.2 Å². The van der Waals surface area contributed by atoms with Crippen LogP contribution in [0.25, 0.3) is 0 Å². The molecule has 0 bridgehead atoms. The summed E-state index contributed by atoms with van der Waals surface area (Å²) in [6, 6.07) is 11.3. The lowest BCUT2D eigenvalue weighted by molar-refractivity contribution is -0.136. The molecule has 1 heterocycles. The van der Waals surface area contributed by atoms with Crippen molar-refractivity contribution in [3.8, 4) is 0 Å². The third-order valence-corrected chi connectivity index (χ3v) is 3.72. The lowest BCUT2D eigenvalue weighted by Gasteiger charge is -2.15. The number of anilines is 1. The van der Waals surface area contributed by atoms with Crippen LogP contribution >= 0.6 is 11.6 Å². The first-order valence-corrected chi connectivity index (χ1v) is 6.54. The summed E-state index contributed by atoms with van der Waals surface area (Å²) < 4.78 is 38.9. The number of halogens is 4. The van der Waals surface area contributed by atoms with Gasteiger partial charge in [-0.25, -0.2) is 0 Å². The Balaban J connectivity index is 1.94. The molecule has 2 aromatic rings. The predicted molar refractivity (Wildman–Crippen MR) is 73.0 cm³/mol. The minimum Gasteiger partial charge on any atom is -0.377 e. The topological polar surface area (TPSA) is 12.0 Å². The number of hydrogen-bond acceptors (Lipinski definition) is 1. The van der Waals surface area contributed by atoms with Crippen molar-refractivity contribution < 1.29 is 13.2 Å². The van der Waals surface area contributed by atoms with Crippen LogP contribution < -0.4 is 5.32 Å². The molecule has 1 unspecified atom stereocenters. The van der Waals surface area contributed by atoms with E-state index in [-0.39, 0.29) is 11.7 Å². The Kier molecular flexibility index (Phi) is 3.13. The SMILES string of the molecule is FC(F)(F)c1cccc2c1NC(c1ccc(Cl)cc1)C2. The molecule has 1 N–H and O–H groups in total. The Morgan fingerprint density at radius 2 is 1.75 bits per heavy atom. The molecule has 2 aromatic carbocycles. The summed E-state index contributed by atoms with van der Waals surface area (Å²) in [4.78, 5) is 0. The van der Waals surface area contributed by atoms with Crippen molar-refractivity contribution in [2.45, 2.75) is 18.6 Å². The molecular formula is C15H11ClF3N. The third-order valence-electron chi connectivity index (χ3n) is 3.47. The fourth-order valence-electron chi connectivity index (χ4n) is 2.52. The van der Waals surface area contributed by atoms with Crippen molar-refractivity contribution in [2.75, 3.05) is 5.32 Å². The first kappa shape index (κ1) is 13.3. The fourth-order valence-corrected chi connectivity index (χ4v) is 2.64. The van der Waals surface area contributed by atoms with Gasteiger partial charge in [0.25, 0.3) is 0 Å². The van der Waals surface area contributed by atoms with Crippen LogP contribution in [-0.4, -0.2) is 0 Å². The highest BCUT2D eigenvalue weighted by molar-refractivity contribution is 6.30. The summed E-state index contributed by atoms with van der Waals surface area (Å²) in [6.45, 7) is 0. The molecular weight excluding hydrogens is 287 g/mol. The van der Waals surface area contributed by atoms with Crippen molar-refractivity contribution >= 4 is 17.3 Å². The zero-order chi connectivity index (χ0) is 14.3. The normalized spacial score (nSPS) is 17.7. The molecule has 1 aliphatic heterocycles. The molecule has 5 heteroatoms. The van der Waals surface area contributed by atoms with E-state index >= 15 is 0 Å². The van der Waals surface area contributed by atoms with Crippen LogP contribution in [0.3, 0.4) is 0 Å². The lowest BCUT2D eigenvalue weighted by atomic mass is 10.0. The van der Waals surface area contributed by atoms with E-state index in [1.807, 2.05) is 12.1 Å². The van der Waals surface area contributed by atoms with Crippen molar-refractivity contribution in [3.63, 3.8) is 0 Å². The van der Waals surface area contributed by atoms with Gasteiger partial charge in [-0.15, -0.1) is 0 Å². The molecule has 1 aliphatic rings. The van der Waals surface area contributed by atoms with Gasteiger partial charge in [-0.1, -0.05) is 35.9 Å². The summed E-state index contributed by atoms with van der Waals surface area (Å²) in [6.07, 6.45) is -3.80. The summed E-state index contributed by atoms with van der Waals surface area (Å²) in [5.41, 5.74) is 1.21. The van der Waals surface area contributed by atoms with Gasteiger partial charge in [0.15, 0.2) is 0 Å².